The summed E-state index contributed by atoms with van der Waals surface area (Å²) >= 11 is 0. The number of imidazole rings is 1. The minimum absolute atomic E-state index is 0. The van der Waals surface area contributed by atoms with Gasteiger partial charge in [-0.05, 0) is 18.5 Å². The van der Waals surface area contributed by atoms with Crippen molar-refractivity contribution in [3.05, 3.63) is 48.4 Å². The Kier molecular flexibility index (Phi) is 8.25. The first-order chi connectivity index (χ1) is 12.5. The van der Waals surface area contributed by atoms with Gasteiger partial charge in [0.1, 0.15) is 0 Å². The van der Waals surface area contributed by atoms with Gasteiger partial charge in [-0.25, -0.2) is 18.1 Å². The van der Waals surface area contributed by atoms with E-state index in [-0.39, 0.29) is 17.4 Å². The molecule has 7 nitrogen and oxygen atoms in total. The molecule has 0 radical (unpaired) electrons. The fraction of sp³-hybridized carbons (Fsp3) is 0.500. The van der Waals surface area contributed by atoms with Crippen LogP contribution in [0, 0.1) is 0 Å². The highest BCUT2D eigenvalue weighted by Crippen LogP contribution is 2.09. The van der Waals surface area contributed by atoms with Crippen molar-refractivity contribution in [1.82, 2.24) is 24.1 Å². The first kappa shape index (κ1) is 21.8. The van der Waals surface area contributed by atoms with Gasteiger partial charge in [0, 0.05) is 52.5 Å². The normalized spacial score (nSPS) is 16.2. The molecule has 1 aromatic carbocycles. The fourth-order valence-corrected chi connectivity index (χ4v) is 4.18. The largest absolute Gasteiger partial charge is 0.339 e. The number of piperazine rings is 1. The quantitative estimate of drug-likeness (QED) is 0.661. The van der Waals surface area contributed by atoms with E-state index in [0.717, 1.165) is 45.7 Å². The minimum atomic E-state index is -3.49. The minimum Gasteiger partial charge on any atom is -0.339 e. The molecule has 1 N–H and O–H groups in total. The summed E-state index contributed by atoms with van der Waals surface area (Å²) in [5.74, 6) is 0. The van der Waals surface area contributed by atoms with Gasteiger partial charge in [-0.3, -0.25) is 4.90 Å². The zero-order valence-corrected chi connectivity index (χ0v) is 17.3. The Morgan fingerprint density at radius 3 is 2.37 bits per heavy atom. The molecule has 3 rings (SSSR count). The van der Waals surface area contributed by atoms with Crippen LogP contribution in [0.15, 0.2) is 47.9 Å². The Morgan fingerprint density at radius 2 is 1.74 bits per heavy atom. The maximum absolute atomic E-state index is 12.1. The van der Waals surface area contributed by atoms with Crippen LogP contribution in [0.5, 0.6) is 0 Å². The second kappa shape index (κ2) is 10.2. The number of sulfonamides is 1. The summed E-state index contributed by atoms with van der Waals surface area (Å²) in [5.41, 5.74) is 1.35. The molecule has 27 heavy (non-hydrogen) atoms. The molecule has 1 fully saturated rings. The molecular formula is C18H28ClN5O2S. The van der Waals surface area contributed by atoms with Gasteiger partial charge >= 0.3 is 0 Å². The van der Waals surface area contributed by atoms with Crippen molar-refractivity contribution >= 4 is 22.4 Å². The summed E-state index contributed by atoms with van der Waals surface area (Å²) in [5, 5.41) is 0.0783. The molecule has 0 atom stereocenters. The molecule has 1 saturated heterocycles. The zero-order chi connectivity index (χ0) is 18.4. The molecule has 1 aliphatic heterocycles. The SMILES string of the molecule is Cl.Cn1cnc(S(=O)(=O)NCCCN2CCN(Cc3ccccc3)CC2)c1. The lowest BCUT2D eigenvalue weighted by molar-refractivity contribution is 0.126. The lowest BCUT2D eigenvalue weighted by Crippen LogP contribution is -2.46. The third kappa shape index (κ3) is 6.58. The number of hydrogen-bond acceptors (Lipinski definition) is 5. The highest BCUT2D eigenvalue weighted by molar-refractivity contribution is 7.89. The third-order valence-corrected chi connectivity index (χ3v) is 5.96. The summed E-state index contributed by atoms with van der Waals surface area (Å²) < 4.78 is 28.5. The molecule has 0 spiro atoms. The van der Waals surface area contributed by atoms with Gasteiger partial charge in [-0.1, -0.05) is 30.3 Å². The van der Waals surface area contributed by atoms with E-state index in [4.69, 9.17) is 0 Å². The number of halogens is 1. The molecular weight excluding hydrogens is 386 g/mol. The molecule has 1 aliphatic rings. The number of benzene rings is 1. The number of aryl methyl sites for hydroxylation is 1. The summed E-state index contributed by atoms with van der Waals surface area (Å²) in [6.45, 7) is 6.49. The summed E-state index contributed by atoms with van der Waals surface area (Å²) in [7, 11) is -1.74. The lowest BCUT2D eigenvalue weighted by Gasteiger charge is -2.34. The third-order valence-electron chi connectivity index (χ3n) is 4.61. The monoisotopic (exact) mass is 413 g/mol. The summed E-state index contributed by atoms with van der Waals surface area (Å²) in [6, 6.07) is 10.5. The van der Waals surface area contributed by atoms with Crippen molar-refractivity contribution in [2.45, 2.75) is 18.0 Å². The molecule has 2 heterocycles. The number of nitrogens with one attached hydrogen (secondary N) is 1. The van der Waals surface area contributed by atoms with Crippen LogP contribution in [0.25, 0.3) is 0 Å². The second-order valence-electron chi connectivity index (χ2n) is 6.73. The van der Waals surface area contributed by atoms with Gasteiger partial charge in [0.25, 0.3) is 10.0 Å². The Balaban J connectivity index is 0.00000261. The van der Waals surface area contributed by atoms with Crippen LogP contribution in [0.3, 0.4) is 0 Å². The molecule has 0 unspecified atom stereocenters. The van der Waals surface area contributed by atoms with Crippen molar-refractivity contribution in [1.29, 1.82) is 0 Å². The Bertz CT molecular complexity index is 789. The van der Waals surface area contributed by atoms with Gasteiger partial charge in [-0.2, -0.15) is 0 Å². The van der Waals surface area contributed by atoms with E-state index in [1.807, 2.05) is 6.07 Å². The number of rotatable bonds is 8. The molecule has 9 heteroatoms. The Labute approximate surface area is 167 Å². The zero-order valence-electron chi connectivity index (χ0n) is 15.6. The summed E-state index contributed by atoms with van der Waals surface area (Å²) in [4.78, 5) is 8.76. The smallest absolute Gasteiger partial charge is 0.259 e. The summed E-state index contributed by atoms with van der Waals surface area (Å²) in [6.07, 6.45) is 3.79. The number of hydrogen-bond donors (Lipinski definition) is 1. The lowest BCUT2D eigenvalue weighted by atomic mass is 10.2. The van der Waals surface area contributed by atoms with Gasteiger partial charge in [0.05, 0.1) is 6.33 Å². The van der Waals surface area contributed by atoms with E-state index in [0.29, 0.717) is 6.54 Å². The first-order valence-corrected chi connectivity index (χ1v) is 10.5. The standard InChI is InChI=1S/C18H27N5O2S.ClH/c1-21-15-18(19-16-21)26(24,25)20-8-5-9-22-10-12-23(13-11-22)14-17-6-3-2-4-7-17;/h2-4,6-7,15-16,20H,5,8-14H2,1H3;1H. The second-order valence-corrected chi connectivity index (χ2v) is 8.45. The number of aromatic nitrogens is 2. The molecule has 150 valence electrons. The van der Waals surface area contributed by atoms with Crippen molar-refractivity contribution in [3.8, 4) is 0 Å². The highest BCUT2D eigenvalue weighted by Gasteiger charge is 2.18. The molecule has 0 bridgehead atoms. The van der Waals surface area contributed by atoms with Crippen molar-refractivity contribution in [2.75, 3.05) is 39.3 Å². The first-order valence-electron chi connectivity index (χ1n) is 8.99. The maximum Gasteiger partial charge on any atom is 0.259 e. The van der Waals surface area contributed by atoms with E-state index in [1.54, 1.807) is 11.6 Å². The van der Waals surface area contributed by atoms with Gasteiger partial charge < -0.3 is 9.47 Å². The van der Waals surface area contributed by atoms with Gasteiger partial charge in [0.15, 0.2) is 5.03 Å². The average molecular weight is 414 g/mol. The van der Waals surface area contributed by atoms with Crippen molar-refractivity contribution in [3.63, 3.8) is 0 Å². The van der Waals surface area contributed by atoms with Crippen LogP contribution in [-0.2, 0) is 23.6 Å². The molecule has 2 aromatic rings. The van der Waals surface area contributed by atoms with E-state index >= 15 is 0 Å². The van der Waals surface area contributed by atoms with Crippen molar-refractivity contribution in [2.24, 2.45) is 7.05 Å². The Morgan fingerprint density at radius 1 is 1.07 bits per heavy atom. The van der Waals surface area contributed by atoms with Gasteiger partial charge in [-0.15, -0.1) is 12.4 Å². The van der Waals surface area contributed by atoms with Crippen LogP contribution in [0.4, 0.5) is 0 Å². The van der Waals surface area contributed by atoms with Crippen LogP contribution < -0.4 is 4.72 Å². The van der Waals surface area contributed by atoms with E-state index in [9.17, 15) is 8.42 Å². The topological polar surface area (TPSA) is 70.5 Å². The van der Waals surface area contributed by atoms with Crippen LogP contribution in [-0.4, -0.2) is 67.0 Å². The number of nitrogens with zero attached hydrogens (tertiary/aromatic N) is 4. The Hall–Kier alpha value is -1.45. The van der Waals surface area contributed by atoms with Crippen molar-refractivity contribution < 1.29 is 8.42 Å². The van der Waals surface area contributed by atoms with Crippen LogP contribution >= 0.6 is 12.4 Å². The molecule has 0 aliphatic carbocycles. The van der Waals surface area contributed by atoms with Gasteiger partial charge in [0.2, 0.25) is 0 Å². The molecule has 0 saturated carbocycles. The highest BCUT2D eigenvalue weighted by atomic mass is 35.5. The van der Waals surface area contributed by atoms with Crippen LogP contribution in [0.1, 0.15) is 12.0 Å². The predicted octanol–water partition coefficient (Wildman–Crippen LogP) is 1.33. The maximum atomic E-state index is 12.1. The van der Waals surface area contributed by atoms with Crippen LogP contribution in [0.2, 0.25) is 0 Å². The fourth-order valence-electron chi connectivity index (χ4n) is 3.12. The van der Waals surface area contributed by atoms with E-state index < -0.39 is 10.0 Å². The predicted molar refractivity (Wildman–Crippen MR) is 108 cm³/mol. The molecule has 0 amide bonds. The van der Waals surface area contributed by atoms with E-state index in [2.05, 4.69) is 43.8 Å². The van der Waals surface area contributed by atoms with E-state index in [1.165, 1.54) is 18.1 Å². The molecule has 1 aromatic heterocycles. The average Bonchev–Trinajstić information content (AvgIpc) is 3.08.